The molecule has 1 N–H and O–H groups in total. The number of benzene rings is 3. The minimum absolute atomic E-state index is 0.0431. The Morgan fingerprint density at radius 3 is 2.59 bits per heavy atom. The van der Waals surface area contributed by atoms with Gasteiger partial charge in [-0.2, -0.15) is 0 Å². The maximum atomic E-state index is 13.4. The van der Waals surface area contributed by atoms with Gasteiger partial charge in [0.25, 0.3) is 5.91 Å². The second kappa shape index (κ2) is 7.23. The molecule has 0 saturated heterocycles. The first-order chi connectivity index (χ1) is 13.2. The second-order valence-corrected chi connectivity index (χ2v) is 6.76. The van der Waals surface area contributed by atoms with Crippen molar-refractivity contribution in [1.29, 1.82) is 0 Å². The highest BCUT2D eigenvalue weighted by Crippen LogP contribution is 2.41. The Morgan fingerprint density at radius 2 is 1.85 bits per heavy atom. The van der Waals surface area contributed by atoms with Gasteiger partial charge in [-0.15, -0.1) is 0 Å². The first-order valence-corrected chi connectivity index (χ1v) is 8.95. The van der Waals surface area contributed by atoms with Gasteiger partial charge >= 0.3 is 0 Å². The third kappa shape index (κ3) is 3.70. The lowest BCUT2D eigenvalue weighted by Gasteiger charge is -2.11. The van der Waals surface area contributed by atoms with Crippen LogP contribution < -0.4 is 10.1 Å². The lowest BCUT2D eigenvalue weighted by atomic mass is 10.0. The number of amides is 1. The summed E-state index contributed by atoms with van der Waals surface area (Å²) >= 11 is 0. The lowest BCUT2D eigenvalue weighted by molar-refractivity contribution is 0.0950. The molecule has 0 aliphatic heterocycles. The van der Waals surface area contributed by atoms with Gasteiger partial charge in [0.2, 0.25) is 0 Å². The zero-order valence-corrected chi connectivity index (χ0v) is 15.0. The number of halogens is 1. The fourth-order valence-electron chi connectivity index (χ4n) is 3.40. The Balaban J connectivity index is 1.51. The molecule has 136 valence electrons. The fraction of sp³-hybridized carbons (Fsp3) is 0.174. The molecule has 4 heteroatoms. The van der Waals surface area contributed by atoms with Gasteiger partial charge in [-0.1, -0.05) is 42.5 Å². The van der Waals surface area contributed by atoms with E-state index >= 15 is 0 Å². The molecule has 3 aromatic carbocycles. The van der Waals surface area contributed by atoms with Gasteiger partial charge < -0.3 is 10.1 Å². The highest BCUT2D eigenvalue weighted by atomic mass is 19.1. The predicted octanol–water partition coefficient (Wildman–Crippen LogP) is 4.79. The summed E-state index contributed by atoms with van der Waals surface area (Å²) in [4.78, 5) is 12.7. The van der Waals surface area contributed by atoms with Gasteiger partial charge in [-0.05, 0) is 47.9 Å². The van der Waals surface area contributed by atoms with Crippen LogP contribution >= 0.6 is 0 Å². The molecular weight excluding hydrogens is 341 g/mol. The Labute approximate surface area is 157 Å². The lowest BCUT2D eigenvalue weighted by Crippen LogP contribution is -2.26. The number of hydrogen-bond acceptors (Lipinski definition) is 2. The minimum Gasteiger partial charge on any atom is -0.496 e. The minimum atomic E-state index is -0.243. The zero-order valence-electron chi connectivity index (χ0n) is 15.0. The Morgan fingerprint density at radius 1 is 1.04 bits per heavy atom. The molecule has 0 aromatic heterocycles. The SMILES string of the molecule is COc1ccc(C(=O)NC2CC2c2cccc(F)c2)cc1-c1ccccc1. The van der Waals surface area contributed by atoms with Crippen LogP contribution in [0, 0.1) is 5.82 Å². The normalized spacial score (nSPS) is 18.0. The first kappa shape index (κ1) is 17.3. The summed E-state index contributed by atoms with van der Waals surface area (Å²) in [7, 11) is 1.62. The summed E-state index contributed by atoms with van der Waals surface area (Å²) in [5, 5.41) is 3.05. The molecule has 1 fully saturated rings. The molecule has 4 rings (SSSR count). The van der Waals surface area contributed by atoms with E-state index in [1.165, 1.54) is 12.1 Å². The van der Waals surface area contributed by atoms with Gasteiger partial charge in [0.15, 0.2) is 0 Å². The van der Waals surface area contributed by atoms with Crippen LogP contribution in [0.15, 0.2) is 72.8 Å². The molecule has 3 aromatic rings. The van der Waals surface area contributed by atoms with Crippen molar-refractivity contribution in [3.05, 3.63) is 89.7 Å². The van der Waals surface area contributed by atoms with Gasteiger partial charge in [-0.25, -0.2) is 4.39 Å². The number of nitrogens with one attached hydrogen (secondary N) is 1. The molecule has 0 spiro atoms. The molecule has 1 saturated carbocycles. The van der Waals surface area contributed by atoms with E-state index in [1.807, 2.05) is 48.5 Å². The summed E-state index contributed by atoms with van der Waals surface area (Å²) in [6, 6.07) is 21.9. The molecule has 27 heavy (non-hydrogen) atoms. The van der Waals surface area contributed by atoms with Crippen molar-refractivity contribution in [3.8, 4) is 16.9 Å². The molecule has 1 aliphatic carbocycles. The van der Waals surface area contributed by atoms with E-state index in [-0.39, 0.29) is 23.7 Å². The molecule has 1 aliphatic rings. The van der Waals surface area contributed by atoms with Crippen LogP contribution in [0.25, 0.3) is 11.1 Å². The third-order valence-electron chi connectivity index (χ3n) is 4.93. The van der Waals surface area contributed by atoms with Gasteiger partial charge in [0.05, 0.1) is 7.11 Å². The van der Waals surface area contributed by atoms with Gasteiger partial charge in [-0.3, -0.25) is 4.79 Å². The summed E-state index contributed by atoms with van der Waals surface area (Å²) in [5.41, 5.74) is 3.39. The quantitative estimate of drug-likeness (QED) is 0.710. The van der Waals surface area contributed by atoms with Crippen molar-refractivity contribution >= 4 is 5.91 Å². The zero-order chi connectivity index (χ0) is 18.8. The maximum Gasteiger partial charge on any atom is 0.251 e. The second-order valence-electron chi connectivity index (χ2n) is 6.76. The van der Waals surface area contributed by atoms with Crippen LogP contribution in [0.4, 0.5) is 4.39 Å². The average molecular weight is 361 g/mol. The summed E-state index contributed by atoms with van der Waals surface area (Å²) in [5.74, 6) is 0.532. The Kier molecular flexibility index (Phi) is 4.63. The van der Waals surface area contributed by atoms with Crippen LogP contribution in [-0.4, -0.2) is 19.1 Å². The van der Waals surface area contributed by atoms with Crippen molar-refractivity contribution in [2.24, 2.45) is 0 Å². The predicted molar refractivity (Wildman–Crippen MR) is 103 cm³/mol. The third-order valence-corrected chi connectivity index (χ3v) is 4.93. The number of hydrogen-bond donors (Lipinski definition) is 1. The van der Waals surface area contributed by atoms with Gasteiger partial charge in [0.1, 0.15) is 11.6 Å². The van der Waals surface area contributed by atoms with Crippen LogP contribution in [0.5, 0.6) is 5.75 Å². The van der Waals surface area contributed by atoms with Crippen molar-refractivity contribution < 1.29 is 13.9 Å². The van der Waals surface area contributed by atoms with E-state index in [9.17, 15) is 9.18 Å². The van der Waals surface area contributed by atoms with Crippen molar-refractivity contribution in [1.82, 2.24) is 5.32 Å². The van der Waals surface area contributed by atoms with Gasteiger partial charge in [0, 0.05) is 23.1 Å². The highest BCUT2D eigenvalue weighted by Gasteiger charge is 2.39. The molecular formula is C23H20FNO2. The number of carbonyl (C=O) groups is 1. The molecule has 2 atom stereocenters. The monoisotopic (exact) mass is 361 g/mol. The van der Waals surface area contributed by atoms with Crippen LogP contribution in [0.3, 0.4) is 0 Å². The number of methoxy groups -OCH3 is 1. The summed E-state index contributed by atoms with van der Waals surface area (Å²) in [6.07, 6.45) is 0.830. The van der Waals surface area contributed by atoms with E-state index in [1.54, 1.807) is 19.2 Å². The van der Waals surface area contributed by atoms with Crippen LogP contribution in [0.1, 0.15) is 28.3 Å². The highest BCUT2D eigenvalue weighted by molar-refractivity contribution is 5.96. The van der Waals surface area contributed by atoms with E-state index < -0.39 is 0 Å². The molecule has 0 bridgehead atoms. The number of rotatable bonds is 5. The van der Waals surface area contributed by atoms with Crippen LogP contribution in [-0.2, 0) is 0 Å². The average Bonchev–Trinajstić information content (AvgIpc) is 3.47. The molecule has 1 amide bonds. The van der Waals surface area contributed by atoms with E-state index in [2.05, 4.69) is 5.32 Å². The smallest absolute Gasteiger partial charge is 0.251 e. The largest absolute Gasteiger partial charge is 0.496 e. The summed E-state index contributed by atoms with van der Waals surface area (Å²) in [6.45, 7) is 0. The molecule has 0 heterocycles. The standard InChI is InChI=1S/C23H20FNO2/c1-27-22-11-10-17(13-20(22)15-6-3-2-4-7-15)23(26)25-21-14-19(21)16-8-5-9-18(24)12-16/h2-13,19,21H,14H2,1H3,(H,25,26). The van der Waals surface area contributed by atoms with Crippen molar-refractivity contribution in [3.63, 3.8) is 0 Å². The van der Waals surface area contributed by atoms with Crippen molar-refractivity contribution in [2.45, 2.75) is 18.4 Å². The topological polar surface area (TPSA) is 38.3 Å². The fourth-order valence-corrected chi connectivity index (χ4v) is 3.40. The molecule has 3 nitrogen and oxygen atoms in total. The Bertz CT molecular complexity index is 971. The van der Waals surface area contributed by atoms with Crippen molar-refractivity contribution in [2.75, 3.05) is 7.11 Å². The Hall–Kier alpha value is -3.14. The number of ether oxygens (including phenoxy) is 1. The maximum absolute atomic E-state index is 13.4. The number of carbonyl (C=O) groups excluding carboxylic acids is 1. The molecule has 0 radical (unpaired) electrons. The first-order valence-electron chi connectivity index (χ1n) is 8.95. The van der Waals surface area contributed by atoms with E-state index in [0.717, 1.165) is 28.9 Å². The van der Waals surface area contributed by atoms with E-state index in [4.69, 9.17) is 4.74 Å². The molecule has 2 unspecified atom stereocenters. The van der Waals surface area contributed by atoms with E-state index in [0.29, 0.717) is 5.56 Å². The van der Waals surface area contributed by atoms with Crippen LogP contribution in [0.2, 0.25) is 0 Å². The summed E-state index contributed by atoms with van der Waals surface area (Å²) < 4.78 is 18.8.